The number of amides is 2. The summed E-state index contributed by atoms with van der Waals surface area (Å²) in [6, 6.07) is 11.7. The normalized spacial score (nSPS) is 25.4. The van der Waals surface area contributed by atoms with E-state index in [1.54, 1.807) is 30.3 Å². The number of likely N-dealkylation sites (tertiary alicyclic amines) is 1. The van der Waals surface area contributed by atoms with Crippen molar-refractivity contribution < 1.29 is 28.4 Å². The number of hydrogen-bond acceptors (Lipinski definition) is 7. The average Bonchev–Trinajstić information content (AvgIpc) is 3.63. The highest BCUT2D eigenvalue weighted by Gasteiger charge is 2.71. The van der Waals surface area contributed by atoms with Crippen molar-refractivity contribution in [1.82, 2.24) is 4.90 Å². The van der Waals surface area contributed by atoms with Gasteiger partial charge in [-0.3, -0.25) is 24.6 Å². The van der Waals surface area contributed by atoms with Gasteiger partial charge >= 0.3 is 5.97 Å². The summed E-state index contributed by atoms with van der Waals surface area (Å²) in [6.45, 7) is 1.89. The van der Waals surface area contributed by atoms with Crippen molar-refractivity contribution in [2.75, 3.05) is 30.4 Å². The molecule has 4 aliphatic rings. The fraction of sp³-hybridized carbons (Fsp3) is 0.344. The number of carbonyl (C=O) groups is 3. The van der Waals surface area contributed by atoms with Crippen LogP contribution in [0.2, 0.25) is 10.0 Å². The number of rotatable bonds is 6. The van der Waals surface area contributed by atoms with Gasteiger partial charge in [0.05, 0.1) is 28.5 Å². The Morgan fingerprint density at radius 1 is 1.18 bits per heavy atom. The van der Waals surface area contributed by atoms with Gasteiger partial charge < -0.3 is 15.0 Å². The van der Waals surface area contributed by atoms with E-state index in [0.29, 0.717) is 22.8 Å². The lowest BCUT2D eigenvalue weighted by Gasteiger charge is -2.41. The quantitative estimate of drug-likeness (QED) is 0.202. The third kappa shape index (κ3) is 4.20. The van der Waals surface area contributed by atoms with Crippen molar-refractivity contribution in [1.29, 1.82) is 0 Å². The average molecular weight is 653 g/mol. The van der Waals surface area contributed by atoms with Crippen molar-refractivity contribution >= 4 is 58.0 Å². The molecule has 0 aromatic heterocycles. The van der Waals surface area contributed by atoms with Crippen LogP contribution in [0.5, 0.6) is 0 Å². The summed E-state index contributed by atoms with van der Waals surface area (Å²) in [5, 5.41) is 15.6. The Balaban J connectivity index is 1.45. The number of nitro benzene ring substituents is 1. The van der Waals surface area contributed by atoms with E-state index in [1.165, 1.54) is 37.1 Å². The minimum Gasteiger partial charge on any atom is -0.465 e. The number of benzene rings is 3. The Hall–Kier alpha value is -4.06. The minimum atomic E-state index is -1.47. The molecule has 0 unspecified atom stereocenters. The Labute approximate surface area is 267 Å². The molecule has 1 saturated carbocycles. The summed E-state index contributed by atoms with van der Waals surface area (Å²) in [5.41, 5.74) is -0.631. The number of carbonyl (C=O) groups excluding carboxylic acids is 3. The molecule has 232 valence electrons. The number of methoxy groups -OCH3 is 1. The molecule has 3 heterocycles. The van der Waals surface area contributed by atoms with Crippen LogP contribution in [-0.4, -0.2) is 53.8 Å². The third-order valence-corrected chi connectivity index (χ3v) is 10.3. The van der Waals surface area contributed by atoms with Crippen molar-refractivity contribution in [2.45, 2.75) is 37.3 Å². The van der Waals surface area contributed by atoms with E-state index in [2.05, 4.69) is 5.32 Å². The Kier molecular flexibility index (Phi) is 6.92. The van der Waals surface area contributed by atoms with Crippen molar-refractivity contribution in [3.8, 4) is 0 Å². The first-order chi connectivity index (χ1) is 21.5. The highest BCUT2D eigenvalue weighted by atomic mass is 35.5. The molecular weight excluding hydrogens is 626 g/mol. The summed E-state index contributed by atoms with van der Waals surface area (Å²) in [7, 11) is 1.18. The second-order valence-corrected chi connectivity index (χ2v) is 12.9. The monoisotopic (exact) mass is 652 g/mol. The number of esters is 1. The first kappa shape index (κ1) is 29.6. The van der Waals surface area contributed by atoms with E-state index in [0.717, 1.165) is 12.8 Å². The van der Waals surface area contributed by atoms with Gasteiger partial charge in [-0.1, -0.05) is 41.4 Å². The van der Waals surface area contributed by atoms with Crippen LogP contribution in [0, 0.1) is 34.7 Å². The number of anilines is 2. The summed E-state index contributed by atoms with van der Waals surface area (Å²) in [5.74, 6) is -4.12. The Morgan fingerprint density at radius 2 is 1.93 bits per heavy atom. The highest BCUT2D eigenvalue weighted by molar-refractivity contribution is 6.31. The molecule has 2 amide bonds. The molecule has 7 rings (SSSR count). The standard InChI is InChI=1S/C32H27Cl2FN4O6/c1-15-18(30(41)45-2)9-11-23(28(15)39(43)44)37-14-24-25(29(37)40)26(19-4-3-5-21(34)27(19)35)32(38(24)13-16-6-7-16)20-10-8-17(33)12-22(20)36-31(32)42/h3-5,8-12,16,24-26H,6-7,13-14H2,1-2H3,(H,36,42)/t24-,25+,26-,32+/m0/s1. The Bertz CT molecular complexity index is 1830. The van der Waals surface area contributed by atoms with Gasteiger partial charge in [0, 0.05) is 46.9 Å². The van der Waals surface area contributed by atoms with Crippen LogP contribution in [0.1, 0.15) is 45.8 Å². The van der Waals surface area contributed by atoms with Crippen molar-refractivity contribution in [3.63, 3.8) is 0 Å². The number of halogens is 3. The van der Waals surface area contributed by atoms with E-state index < -0.39 is 57.6 Å². The van der Waals surface area contributed by atoms with Gasteiger partial charge in [0.2, 0.25) is 11.8 Å². The third-order valence-electron chi connectivity index (χ3n) is 9.74. The van der Waals surface area contributed by atoms with Crippen LogP contribution in [-0.2, 0) is 19.9 Å². The Morgan fingerprint density at radius 3 is 2.62 bits per heavy atom. The molecule has 3 aromatic carbocycles. The number of fused-ring (bicyclic) bond motifs is 3. The van der Waals surface area contributed by atoms with Crippen molar-refractivity contribution in [3.05, 3.63) is 96.8 Å². The molecule has 13 heteroatoms. The van der Waals surface area contributed by atoms with Gasteiger partial charge in [-0.15, -0.1) is 0 Å². The summed E-state index contributed by atoms with van der Waals surface area (Å²) in [6.07, 6.45) is 1.87. The molecule has 1 spiro atoms. The topological polar surface area (TPSA) is 122 Å². The maximum atomic E-state index is 16.1. The second kappa shape index (κ2) is 10.5. The van der Waals surface area contributed by atoms with Crippen LogP contribution in [0.3, 0.4) is 0 Å². The molecule has 1 N–H and O–H groups in total. The number of nitro groups is 1. The molecule has 45 heavy (non-hydrogen) atoms. The SMILES string of the molecule is COC(=O)c1ccc(N2C[C@H]3[C@@H](C2=O)[C@H](c2cccc(Cl)c2F)[C@]2(C(=O)Nc4cc(Cl)ccc42)N3CC2CC2)c([N+](=O)[O-])c1C. The predicted octanol–water partition coefficient (Wildman–Crippen LogP) is 5.82. The van der Waals surface area contributed by atoms with Gasteiger partial charge in [0.15, 0.2) is 0 Å². The molecule has 1 aliphatic carbocycles. The van der Waals surface area contributed by atoms with Gasteiger partial charge in [-0.25, -0.2) is 9.18 Å². The molecular formula is C32H27Cl2FN4O6. The van der Waals surface area contributed by atoms with Gasteiger partial charge in [-0.05, 0) is 61.6 Å². The van der Waals surface area contributed by atoms with Crippen LogP contribution in [0.4, 0.5) is 21.5 Å². The number of nitrogens with one attached hydrogen (secondary N) is 1. The van der Waals surface area contributed by atoms with Gasteiger partial charge in [0.25, 0.3) is 5.69 Å². The second-order valence-electron chi connectivity index (χ2n) is 12.0. The van der Waals surface area contributed by atoms with Crippen LogP contribution >= 0.6 is 23.2 Å². The molecule has 2 saturated heterocycles. The number of nitrogens with zero attached hydrogens (tertiary/aromatic N) is 3. The maximum absolute atomic E-state index is 16.1. The molecule has 4 atom stereocenters. The zero-order valence-corrected chi connectivity index (χ0v) is 25.7. The fourth-order valence-corrected chi connectivity index (χ4v) is 8.05. The van der Waals surface area contributed by atoms with E-state index in [4.69, 9.17) is 27.9 Å². The molecule has 3 aromatic rings. The largest absolute Gasteiger partial charge is 0.465 e. The predicted molar refractivity (Wildman–Crippen MR) is 164 cm³/mol. The smallest absolute Gasteiger partial charge is 0.338 e. The molecule has 0 radical (unpaired) electrons. The molecule has 0 bridgehead atoms. The first-order valence-electron chi connectivity index (χ1n) is 14.5. The summed E-state index contributed by atoms with van der Waals surface area (Å²) in [4.78, 5) is 56.5. The molecule has 10 nitrogen and oxygen atoms in total. The molecule has 3 fully saturated rings. The van der Waals surface area contributed by atoms with E-state index in [-0.39, 0.29) is 39.9 Å². The lowest BCUT2D eigenvalue weighted by molar-refractivity contribution is -0.384. The van der Waals surface area contributed by atoms with Crippen molar-refractivity contribution in [2.24, 2.45) is 11.8 Å². The number of ether oxygens (including phenoxy) is 1. The van der Waals surface area contributed by atoms with Crippen LogP contribution < -0.4 is 10.2 Å². The van der Waals surface area contributed by atoms with Gasteiger partial charge in [-0.2, -0.15) is 0 Å². The van der Waals surface area contributed by atoms with E-state index in [1.807, 2.05) is 4.90 Å². The van der Waals surface area contributed by atoms with Crippen LogP contribution in [0.15, 0.2) is 48.5 Å². The molecule has 3 aliphatic heterocycles. The lowest BCUT2D eigenvalue weighted by Crippen LogP contribution is -2.54. The fourth-order valence-electron chi connectivity index (χ4n) is 7.70. The lowest BCUT2D eigenvalue weighted by atomic mass is 9.71. The van der Waals surface area contributed by atoms with E-state index >= 15 is 4.39 Å². The highest BCUT2D eigenvalue weighted by Crippen LogP contribution is 2.63. The number of hydrogen-bond donors (Lipinski definition) is 1. The minimum absolute atomic E-state index is 0.00467. The zero-order chi connectivity index (χ0) is 31.9. The van der Waals surface area contributed by atoms with E-state index in [9.17, 15) is 24.5 Å². The zero-order valence-electron chi connectivity index (χ0n) is 24.2. The first-order valence-corrected chi connectivity index (χ1v) is 15.3. The summed E-state index contributed by atoms with van der Waals surface area (Å²) < 4.78 is 20.9. The summed E-state index contributed by atoms with van der Waals surface area (Å²) >= 11 is 12.6. The van der Waals surface area contributed by atoms with Crippen LogP contribution in [0.25, 0.3) is 0 Å². The van der Waals surface area contributed by atoms with Gasteiger partial charge in [0.1, 0.15) is 17.0 Å². The maximum Gasteiger partial charge on any atom is 0.338 e.